The van der Waals surface area contributed by atoms with Gasteiger partial charge in [0.2, 0.25) is 0 Å². The van der Waals surface area contributed by atoms with Gasteiger partial charge in [-0.25, -0.2) is 4.79 Å². The highest BCUT2D eigenvalue weighted by Crippen LogP contribution is 2.22. The topological polar surface area (TPSA) is 133 Å². The molecule has 0 aliphatic carbocycles. The summed E-state index contributed by atoms with van der Waals surface area (Å²) in [6.45, 7) is 0.436. The van der Waals surface area contributed by atoms with Crippen molar-refractivity contribution in [2.75, 3.05) is 6.54 Å². The van der Waals surface area contributed by atoms with Gasteiger partial charge in [0, 0.05) is 12.3 Å². The molecule has 0 radical (unpaired) electrons. The van der Waals surface area contributed by atoms with E-state index in [1.165, 1.54) is 0 Å². The summed E-state index contributed by atoms with van der Waals surface area (Å²) in [6.07, 6.45) is 9.04. The van der Waals surface area contributed by atoms with Crippen molar-refractivity contribution in [3.8, 4) is 0 Å². The normalized spacial score (nSPS) is 16.6. The fourth-order valence-corrected chi connectivity index (χ4v) is 1.37. The van der Waals surface area contributed by atoms with Gasteiger partial charge < -0.3 is 25.9 Å². The van der Waals surface area contributed by atoms with Gasteiger partial charge >= 0.3 is 11.9 Å². The zero-order chi connectivity index (χ0) is 15.8. The molecule has 0 saturated heterocycles. The Labute approximate surface area is 120 Å². The minimum atomic E-state index is -1.79. The summed E-state index contributed by atoms with van der Waals surface area (Å²) in [5, 5.41) is 25.8. The fourth-order valence-electron chi connectivity index (χ4n) is 1.37. The second-order valence-electron chi connectivity index (χ2n) is 4.00. The van der Waals surface area contributed by atoms with E-state index in [0.29, 0.717) is 6.54 Å². The van der Waals surface area contributed by atoms with Crippen LogP contribution in [0.4, 0.5) is 0 Å². The monoisotopic (exact) mass is 296 g/mol. The van der Waals surface area contributed by atoms with E-state index in [9.17, 15) is 9.59 Å². The molecule has 5 N–H and O–H groups in total. The number of nitrogens with two attached hydrogens (primary N) is 1. The van der Waals surface area contributed by atoms with E-state index < -0.39 is 24.5 Å². The van der Waals surface area contributed by atoms with Crippen molar-refractivity contribution in [3.05, 3.63) is 48.0 Å². The largest absolute Gasteiger partial charge is 0.481 e. The highest BCUT2D eigenvalue weighted by molar-refractivity contribution is 5.79. The summed E-state index contributed by atoms with van der Waals surface area (Å²) < 4.78 is 0. The second-order valence-corrected chi connectivity index (χ2v) is 4.00. The van der Waals surface area contributed by atoms with E-state index in [1.54, 1.807) is 5.06 Å². The Kier molecular flexibility index (Phi) is 6.18. The van der Waals surface area contributed by atoms with Gasteiger partial charge in [-0.15, -0.1) is 0 Å². The van der Waals surface area contributed by atoms with Crippen LogP contribution >= 0.6 is 0 Å². The zero-order valence-corrected chi connectivity index (χ0v) is 11.0. The van der Waals surface area contributed by atoms with Crippen LogP contribution in [0.1, 0.15) is 6.42 Å². The first-order valence-electron chi connectivity index (χ1n) is 5.99. The maximum Gasteiger partial charge on any atom is 0.333 e. The average Bonchev–Trinajstić information content (AvgIpc) is 2.69. The molecule has 0 bridgehead atoms. The maximum atomic E-state index is 9.72. The third kappa shape index (κ3) is 5.51. The first-order chi connectivity index (χ1) is 9.93. The van der Waals surface area contributed by atoms with Gasteiger partial charge in [-0.1, -0.05) is 12.2 Å². The zero-order valence-electron chi connectivity index (χ0n) is 11.0. The van der Waals surface area contributed by atoms with Crippen LogP contribution in [0.2, 0.25) is 0 Å². The molecule has 114 valence electrons. The Hall–Kier alpha value is -2.58. The summed E-state index contributed by atoms with van der Waals surface area (Å²) in [5.41, 5.74) is 6.45. The van der Waals surface area contributed by atoms with E-state index in [4.69, 9.17) is 25.9 Å². The summed E-state index contributed by atoms with van der Waals surface area (Å²) in [5.74, 6) is -2.05. The molecule has 1 atom stereocenters. The van der Waals surface area contributed by atoms with Gasteiger partial charge in [-0.3, -0.25) is 4.79 Å². The number of carboxylic acids is 2. The Balaban J connectivity index is 0.000000222. The molecule has 0 fully saturated rings. The van der Waals surface area contributed by atoms with Gasteiger partial charge in [0.1, 0.15) is 5.76 Å². The highest BCUT2D eigenvalue weighted by atomic mass is 16.7. The van der Waals surface area contributed by atoms with Gasteiger partial charge in [0.25, 0.3) is 0 Å². The first kappa shape index (κ1) is 16.5. The van der Waals surface area contributed by atoms with Crippen molar-refractivity contribution >= 4 is 11.9 Å². The number of fused-ring (bicyclic) bond motifs is 1. The number of carbonyl (C=O) groups is 2. The van der Waals surface area contributed by atoms with Crippen LogP contribution in [-0.4, -0.2) is 45.0 Å². The van der Waals surface area contributed by atoms with Crippen LogP contribution in [0.3, 0.4) is 0 Å². The van der Waals surface area contributed by atoms with Gasteiger partial charge in [0.05, 0.1) is 18.7 Å². The van der Waals surface area contributed by atoms with Crippen molar-refractivity contribution in [1.82, 2.24) is 5.06 Å². The standard InChI is InChI=1S/C9H10N2O.C4H6O5/c10-7-9-6-8-4-2-1-3-5-11(8)12-9;5-2(4(8)9)1-3(6)7/h1-6H,7,10H2;2,5H,1H2,(H,6,7)(H,8,9)/t;2-/m.0/s1. The SMILES string of the molecule is NCC1=CC2=CC=CC=CN2O1.O=C(O)C[C@H](O)C(=O)O. The molecule has 2 heterocycles. The van der Waals surface area contributed by atoms with E-state index in [-0.39, 0.29) is 0 Å². The molecular weight excluding hydrogens is 280 g/mol. The van der Waals surface area contributed by atoms with Gasteiger partial charge in [-0.05, 0) is 12.2 Å². The molecule has 8 heteroatoms. The predicted octanol–water partition coefficient (Wildman–Crippen LogP) is -0.0498. The number of hydrogen-bond donors (Lipinski definition) is 4. The maximum absolute atomic E-state index is 9.72. The molecule has 0 aromatic heterocycles. The average molecular weight is 296 g/mol. The molecule has 0 aromatic rings. The molecule has 2 aliphatic heterocycles. The number of aliphatic carboxylic acids is 2. The third-order valence-electron chi connectivity index (χ3n) is 2.34. The Morgan fingerprint density at radius 2 is 2.00 bits per heavy atom. The number of carboxylic acid groups (broad SMARTS) is 2. The number of allylic oxidation sites excluding steroid dienone is 5. The summed E-state index contributed by atoms with van der Waals surface area (Å²) in [6, 6.07) is 0. The quantitative estimate of drug-likeness (QED) is 0.567. The number of aliphatic hydroxyl groups excluding tert-OH is 1. The molecular formula is C13H16N2O6. The molecule has 0 saturated carbocycles. The molecule has 8 nitrogen and oxygen atoms in total. The second kappa shape index (κ2) is 7.88. The summed E-state index contributed by atoms with van der Waals surface area (Å²) in [7, 11) is 0. The van der Waals surface area contributed by atoms with Crippen molar-refractivity contribution in [3.63, 3.8) is 0 Å². The molecule has 0 unspecified atom stereocenters. The van der Waals surface area contributed by atoms with Crippen LogP contribution in [-0.2, 0) is 14.4 Å². The van der Waals surface area contributed by atoms with Crippen LogP contribution < -0.4 is 5.73 Å². The lowest BCUT2D eigenvalue weighted by Gasteiger charge is -2.13. The van der Waals surface area contributed by atoms with Crippen molar-refractivity contribution in [2.24, 2.45) is 5.73 Å². The van der Waals surface area contributed by atoms with Crippen LogP contribution in [0.15, 0.2) is 48.0 Å². The lowest BCUT2D eigenvalue weighted by Crippen LogP contribution is -2.22. The molecule has 2 aliphatic rings. The molecule has 0 spiro atoms. The predicted molar refractivity (Wildman–Crippen MR) is 72.3 cm³/mol. The van der Waals surface area contributed by atoms with E-state index in [1.807, 2.05) is 36.6 Å². The summed E-state index contributed by atoms with van der Waals surface area (Å²) >= 11 is 0. The minimum absolute atomic E-state index is 0.436. The third-order valence-corrected chi connectivity index (χ3v) is 2.34. The minimum Gasteiger partial charge on any atom is -0.481 e. The fraction of sp³-hybridized carbons (Fsp3) is 0.231. The Bertz CT molecular complexity index is 521. The van der Waals surface area contributed by atoms with Crippen LogP contribution in [0.5, 0.6) is 0 Å². The van der Waals surface area contributed by atoms with Gasteiger partial charge in [-0.2, -0.15) is 5.06 Å². The van der Waals surface area contributed by atoms with E-state index in [0.717, 1.165) is 11.5 Å². The van der Waals surface area contributed by atoms with Crippen molar-refractivity contribution in [1.29, 1.82) is 0 Å². The molecule has 2 rings (SSSR count). The van der Waals surface area contributed by atoms with Gasteiger partial charge in [0.15, 0.2) is 6.10 Å². The number of nitrogens with zero attached hydrogens (tertiary/aromatic N) is 1. The number of hydrogen-bond acceptors (Lipinski definition) is 6. The lowest BCUT2D eigenvalue weighted by atomic mass is 10.3. The summed E-state index contributed by atoms with van der Waals surface area (Å²) in [4.78, 5) is 24.8. The highest BCUT2D eigenvalue weighted by Gasteiger charge is 2.17. The first-order valence-corrected chi connectivity index (χ1v) is 5.99. The van der Waals surface area contributed by atoms with Crippen molar-refractivity contribution < 1.29 is 29.7 Å². The lowest BCUT2D eigenvalue weighted by molar-refractivity contribution is -0.152. The Morgan fingerprint density at radius 1 is 1.29 bits per heavy atom. The smallest absolute Gasteiger partial charge is 0.333 e. The molecule has 0 aromatic carbocycles. The van der Waals surface area contributed by atoms with Crippen molar-refractivity contribution in [2.45, 2.75) is 12.5 Å². The molecule has 21 heavy (non-hydrogen) atoms. The Morgan fingerprint density at radius 3 is 2.52 bits per heavy atom. The van der Waals surface area contributed by atoms with Crippen LogP contribution in [0, 0.1) is 0 Å². The van der Waals surface area contributed by atoms with E-state index in [2.05, 4.69) is 0 Å². The molecule has 0 amide bonds. The number of rotatable bonds is 4. The number of aliphatic hydroxyl groups is 1. The van der Waals surface area contributed by atoms with E-state index >= 15 is 0 Å². The van der Waals surface area contributed by atoms with Crippen LogP contribution in [0.25, 0.3) is 0 Å². The number of hydroxylamine groups is 2.